The van der Waals surface area contributed by atoms with Crippen LogP contribution in [0.25, 0.3) is 21.5 Å². The first-order chi connectivity index (χ1) is 37.2. The standard InChI is InChI=1S/C55H68N8O13S2/c1-8-20-75-40-12-10-13-41(28-40)76-47-30-45-44(61(6)54(69)62(45)7)29-43(47)60-78(70,71)42-14-9-11-38(26-42)51(66)56-19-21-72-22-23-73-24-25-74-33-48(65)59-50(55(3,4)5)53(68)63-32-39(64)27-46(63)52(67)57-31-36-15-17-37(18-16-36)49-35(2)58-34-77-49/h9-18,26,28-30,34,39,46,50,60,64H,8,19-25,27,31-33H2,1-7H3,(H,56,66)(H,57,67)(H,59,65)/t39-,46+,50-/m1/s1. The van der Waals surface area contributed by atoms with Gasteiger partial charge in [-0.05, 0) is 66.3 Å². The number of carbonyl (C=O) groups excluding carboxylic acids is 4. The lowest BCUT2D eigenvalue weighted by atomic mass is 9.85. The van der Waals surface area contributed by atoms with Gasteiger partial charge in [0.05, 0.1) is 83.4 Å². The van der Waals surface area contributed by atoms with E-state index >= 15 is 0 Å². The van der Waals surface area contributed by atoms with Crippen molar-refractivity contribution in [1.29, 1.82) is 0 Å². The van der Waals surface area contributed by atoms with Crippen LogP contribution in [0, 0.1) is 12.3 Å². The van der Waals surface area contributed by atoms with E-state index in [2.05, 4.69) is 25.7 Å². The second-order valence-electron chi connectivity index (χ2n) is 19.8. The summed E-state index contributed by atoms with van der Waals surface area (Å²) in [4.78, 5) is 73.0. The smallest absolute Gasteiger partial charge is 0.328 e. The molecule has 21 nitrogen and oxygen atoms in total. The number of anilines is 1. The molecule has 0 aliphatic carbocycles. The molecule has 3 heterocycles. The minimum absolute atomic E-state index is 0.0529. The highest BCUT2D eigenvalue weighted by Crippen LogP contribution is 2.36. The number of rotatable bonds is 26. The number of likely N-dealkylation sites (tertiary alicyclic amines) is 1. The molecule has 78 heavy (non-hydrogen) atoms. The SMILES string of the molecule is CCCOc1cccc(Oc2cc3c(cc2NS(=O)(=O)c2cccc(C(=O)NCCOCCOCCOCC(=O)N[C@H](C(=O)N4C[C@H](O)C[C@H]4C(=O)NCc4ccc(-c5scnc5C)cc4)C(C)(C)C)c2)n(C)c(=O)n3C)c1. The van der Waals surface area contributed by atoms with Crippen molar-refractivity contribution in [3.05, 3.63) is 118 Å². The van der Waals surface area contributed by atoms with Gasteiger partial charge < -0.3 is 49.6 Å². The third-order valence-corrected chi connectivity index (χ3v) is 15.1. The number of sulfonamides is 1. The molecule has 7 rings (SSSR count). The monoisotopic (exact) mass is 1110 g/mol. The lowest BCUT2D eigenvalue weighted by Crippen LogP contribution is -2.58. The molecule has 418 valence electrons. The second-order valence-corrected chi connectivity index (χ2v) is 22.3. The summed E-state index contributed by atoms with van der Waals surface area (Å²) in [5, 5.41) is 19.0. The Bertz CT molecular complexity index is 3240. The van der Waals surface area contributed by atoms with Gasteiger partial charge in [0.25, 0.3) is 15.9 Å². The lowest BCUT2D eigenvalue weighted by molar-refractivity contribution is -0.144. The maximum atomic E-state index is 14.0. The first kappa shape index (κ1) is 58.5. The first-order valence-corrected chi connectivity index (χ1v) is 27.9. The third kappa shape index (κ3) is 15.1. The minimum Gasteiger partial charge on any atom is -0.493 e. The number of aromatic nitrogens is 3. The van der Waals surface area contributed by atoms with E-state index in [0.717, 1.165) is 28.1 Å². The Morgan fingerprint density at radius 1 is 0.846 bits per heavy atom. The van der Waals surface area contributed by atoms with Crippen molar-refractivity contribution < 1.29 is 56.4 Å². The average Bonchev–Trinajstić information content (AvgIpc) is 4.25. The number of imidazole rings is 1. The Morgan fingerprint density at radius 3 is 2.22 bits per heavy atom. The Morgan fingerprint density at radius 2 is 1.53 bits per heavy atom. The van der Waals surface area contributed by atoms with Crippen molar-refractivity contribution in [1.82, 2.24) is 35.0 Å². The van der Waals surface area contributed by atoms with Gasteiger partial charge in [-0.3, -0.25) is 33.0 Å². The summed E-state index contributed by atoms with van der Waals surface area (Å²) in [6.07, 6.45) is -0.0394. The number of nitrogens with one attached hydrogen (secondary N) is 4. The highest BCUT2D eigenvalue weighted by molar-refractivity contribution is 7.92. The van der Waals surface area contributed by atoms with Gasteiger partial charge in [0.2, 0.25) is 17.7 Å². The highest BCUT2D eigenvalue weighted by Gasteiger charge is 2.44. The number of β-amino-alcohol motifs (C(OH)–C–C–N with tert-alkyl or cyclic N) is 1. The third-order valence-electron chi connectivity index (χ3n) is 12.8. The highest BCUT2D eigenvalue weighted by atomic mass is 32.2. The number of thiazole rings is 1. The fourth-order valence-corrected chi connectivity index (χ4v) is 10.5. The van der Waals surface area contributed by atoms with Crippen molar-refractivity contribution in [3.63, 3.8) is 0 Å². The molecule has 23 heteroatoms. The van der Waals surface area contributed by atoms with E-state index in [4.69, 9.17) is 23.7 Å². The van der Waals surface area contributed by atoms with E-state index in [1.807, 2.05) is 38.1 Å². The van der Waals surface area contributed by atoms with Crippen molar-refractivity contribution in [2.45, 2.75) is 77.1 Å². The first-order valence-electron chi connectivity index (χ1n) is 25.5. The van der Waals surface area contributed by atoms with Crippen LogP contribution in [0.3, 0.4) is 0 Å². The van der Waals surface area contributed by atoms with E-state index in [9.17, 15) is 37.5 Å². The number of ether oxygens (including phenoxy) is 5. The number of aliphatic hydroxyl groups excluding tert-OH is 1. The van der Waals surface area contributed by atoms with E-state index in [1.54, 1.807) is 82.0 Å². The molecule has 0 saturated carbocycles. The van der Waals surface area contributed by atoms with Crippen LogP contribution < -0.4 is 35.8 Å². The number of carbonyl (C=O) groups is 4. The fraction of sp³-hybridized carbons (Fsp3) is 0.418. The number of nitrogens with zero attached hydrogens (tertiary/aromatic N) is 4. The molecule has 4 aromatic carbocycles. The summed E-state index contributed by atoms with van der Waals surface area (Å²) in [5.74, 6) is -0.873. The predicted octanol–water partition coefficient (Wildman–Crippen LogP) is 5.28. The zero-order chi connectivity index (χ0) is 56.1. The zero-order valence-electron chi connectivity index (χ0n) is 44.8. The number of fused-ring (bicyclic) bond motifs is 1. The molecular formula is C55H68N8O13S2. The Balaban J connectivity index is 0.809. The molecule has 1 aliphatic heterocycles. The van der Waals surface area contributed by atoms with Gasteiger partial charge in [-0.15, -0.1) is 11.3 Å². The van der Waals surface area contributed by atoms with E-state index in [-0.39, 0.29) is 93.3 Å². The van der Waals surface area contributed by atoms with Crippen LogP contribution in [0.5, 0.6) is 17.2 Å². The van der Waals surface area contributed by atoms with Crippen LogP contribution in [-0.2, 0) is 59.3 Å². The normalized spacial score (nSPS) is 15.0. The quantitative estimate of drug-likeness (QED) is 0.0433. The number of aliphatic hydroxyl groups is 1. The van der Waals surface area contributed by atoms with Gasteiger partial charge >= 0.3 is 5.69 Å². The van der Waals surface area contributed by atoms with E-state index < -0.39 is 57.3 Å². The topological polar surface area (TPSA) is 260 Å². The van der Waals surface area contributed by atoms with Crippen molar-refractivity contribution in [2.75, 3.05) is 64.1 Å². The fourth-order valence-electron chi connectivity index (χ4n) is 8.60. The Kier molecular flexibility index (Phi) is 19.9. The molecule has 0 bridgehead atoms. The predicted molar refractivity (Wildman–Crippen MR) is 294 cm³/mol. The maximum Gasteiger partial charge on any atom is 0.328 e. The molecule has 6 aromatic rings. The lowest BCUT2D eigenvalue weighted by Gasteiger charge is -2.35. The van der Waals surface area contributed by atoms with Gasteiger partial charge in [0.15, 0.2) is 5.75 Å². The van der Waals surface area contributed by atoms with Gasteiger partial charge in [0.1, 0.15) is 30.2 Å². The molecule has 5 N–H and O–H groups in total. The van der Waals surface area contributed by atoms with Crippen LogP contribution in [0.1, 0.15) is 62.2 Å². The largest absolute Gasteiger partial charge is 0.493 e. The summed E-state index contributed by atoms with van der Waals surface area (Å²) in [6.45, 7) is 10.5. The molecule has 1 saturated heterocycles. The zero-order valence-corrected chi connectivity index (χ0v) is 46.5. The van der Waals surface area contributed by atoms with Gasteiger partial charge in [-0.1, -0.05) is 64.1 Å². The number of benzene rings is 4. The second kappa shape index (κ2) is 26.5. The van der Waals surface area contributed by atoms with Gasteiger partial charge in [-0.2, -0.15) is 0 Å². The minimum atomic E-state index is -4.30. The van der Waals surface area contributed by atoms with E-state index in [1.165, 1.54) is 44.4 Å². The summed E-state index contributed by atoms with van der Waals surface area (Å²) in [5.41, 5.74) is 4.71. The summed E-state index contributed by atoms with van der Waals surface area (Å²) in [7, 11) is -1.11. The summed E-state index contributed by atoms with van der Waals surface area (Å²) < 4.78 is 61.8. The Hall–Kier alpha value is -7.15. The molecular weight excluding hydrogens is 1040 g/mol. The van der Waals surface area contributed by atoms with Crippen LogP contribution in [0.4, 0.5) is 5.69 Å². The van der Waals surface area contributed by atoms with Crippen molar-refractivity contribution in [2.24, 2.45) is 19.5 Å². The van der Waals surface area contributed by atoms with E-state index in [0.29, 0.717) is 29.1 Å². The number of amides is 4. The van der Waals surface area contributed by atoms with Crippen LogP contribution in [-0.4, -0.2) is 134 Å². The number of hydrogen-bond acceptors (Lipinski definition) is 15. The number of hydrogen-bond donors (Lipinski definition) is 5. The molecule has 1 fully saturated rings. The van der Waals surface area contributed by atoms with Crippen molar-refractivity contribution in [3.8, 4) is 27.7 Å². The molecule has 0 radical (unpaired) electrons. The summed E-state index contributed by atoms with van der Waals surface area (Å²) >= 11 is 1.56. The molecule has 1 aliphatic rings. The molecule has 3 atom stereocenters. The molecule has 0 spiro atoms. The molecule has 2 aromatic heterocycles. The summed E-state index contributed by atoms with van der Waals surface area (Å²) in [6, 6.07) is 21.4. The molecule has 0 unspecified atom stereocenters. The van der Waals surface area contributed by atoms with Crippen LogP contribution in [0.2, 0.25) is 0 Å². The van der Waals surface area contributed by atoms with Crippen LogP contribution in [0.15, 0.2) is 100 Å². The van der Waals surface area contributed by atoms with Crippen molar-refractivity contribution >= 4 is 61.7 Å². The van der Waals surface area contributed by atoms with Gasteiger partial charge in [-0.25, -0.2) is 18.2 Å². The molecule has 4 amide bonds. The Labute approximate surface area is 457 Å². The maximum absolute atomic E-state index is 14.0. The number of aryl methyl sites for hydroxylation is 3. The van der Waals surface area contributed by atoms with Gasteiger partial charge in [0, 0.05) is 57.8 Å². The average molecular weight is 1110 g/mol. The van der Waals surface area contributed by atoms with Crippen LogP contribution >= 0.6 is 11.3 Å².